The molecule has 2 amide bonds. The van der Waals surface area contributed by atoms with Gasteiger partial charge < -0.3 is 20.3 Å². The molecule has 0 aromatic heterocycles. The minimum atomic E-state index is -0.163. The quantitative estimate of drug-likeness (QED) is 0.327. The summed E-state index contributed by atoms with van der Waals surface area (Å²) in [6, 6.07) is 24.0. The van der Waals surface area contributed by atoms with Crippen LogP contribution in [0.5, 0.6) is 5.75 Å². The number of nitrogens with zero attached hydrogens (tertiary/aromatic N) is 1. The topological polar surface area (TPSA) is 70.7 Å². The first-order chi connectivity index (χ1) is 16.6. The molecule has 0 aliphatic carbocycles. The third-order valence-corrected chi connectivity index (χ3v) is 5.42. The maximum Gasteiger partial charge on any atom is 0.258 e. The number of benzene rings is 3. The van der Waals surface area contributed by atoms with E-state index in [0.717, 1.165) is 30.0 Å². The molecule has 0 radical (unpaired) electrons. The highest BCUT2D eigenvalue weighted by atomic mass is 16.5. The SMILES string of the molecule is CCCCCCOc1cccc(NC(=O)CNc2ccc(C(=O)N(C)c3ccccc3)cc2)c1. The summed E-state index contributed by atoms with van der Waals surface area (Å²) in [6.07, 6.45) is 4.61. The van der Waals surface area contributed by atoms with Gasteiger partial charge in [-0.1, -0.05) is 50.5 Å². The van der Waals surface area contributed by atoms with Crippen molar-refractivity contribution in [3.05, 3.63) is 84.4 Å². The van der Waals surface area contributed by atoms with Gasteiger partial charge in [-0.3, -0.25) is 9.59 Å². The molecule has 3 rings (SSSR count). The van der Waals surface area contributed by atoms with Crippen molar-refractivity contribution in [2.24, 2.45) is 0 Å². The first-order valence-corrected chi connectivity index (χ1v) is 11.8. The van der Waals surface area contributed by atoms with Crippen LogP contribution in [0.25, 0.3) is 0 Å². The largest absolute Gasteiger partial charge is 0.494 e. The zero-order valence-electron chi connectivity index (χ0n) is 19.9. The molecule has 0 atom stereocenters. The van der Waals surface area contributed by atoms with Gasteiger partial charge in [0, 0.05) is 35.7 Å². The van der Waals surface area contributed by atoms with E-state index >= 15 is 0 Å². The van der Waals surface area contributed by atoms with Crippen LogP contribution in [-0.2, 0) is 4.79 Å². The summed E-state index contributed by atoms with van der Waals surface area (Å²) in [5.74, 6) is 0.495. The van der Waals surface area contributed by atoms with E-state index in [9.17, 15) is 9.59 Å². The standard InChI is InChI=1S/C28H33N3O3/c1-3-4-5-9-19-34-26-14-10-11-24(20-26)30-27(32)21-29-23-17-15-22(16-18-23)28(33)31(2)25-12-7-6-8-13-25/h6-8,10-18,20,29H,3-5,9,19,21H2,1-2H3,(H,30,32). The Bertz CT molecular complexity index is 1050. The van der Waals surface area contributed by atoms with Gasteiger partial charge in [-0.2, -0.15) is 0 Å². The average Bonchev–Trinajstić information content (AvgIpc) is 2.87. The number of nitrogens with one attached hydrogen (secondary N) is 2. The molecule has 0 fully saturated rings. The fraction of sp³-hybridized carbons (Fsp3) is 0.286. The second-order valence-electron chi connectivity index (χ2n) is 8.12. The van der Waals surface area contributed by atoms with Crippen molar-refractivity contribution in [2.45, 2.75) is 32.6 Å². The Labute approximate surface area is 201 Å². The molecule has 3 aromatic rings. The van der Waals surface area contributed by atoms with Crippen LogP contribution in [0.15, 0.2) is 78.9 Å². The van der Waals surface area contributed by atoms with E-state index in [1.807, 2.05) is 54.6 Å². The molecule has 0 spiro atoms. The van der Waals surface area contributed by atoms with Crippen LogP contribution in [0.4, 0.5) is 17.1 Å². The Morgan fingerprint density at radius 2 is 1.62 bits per heavy atom. The number of ether oxygens (including phenoxy) is 1. The number of para-hydroxylation sites is 1. The van der Waals surface area contributed by atoms with Crippen LogP contribution in [0.2, 0.25) is 0 Å². The summed E-state index contributed by atoms with van der Waals surface area (Å²) in [5, 5.41) is 5.98. The van der Waals surface area contributed by atoms with Crippen LogP contribution >= 0.6 is 0 Å². The van der Waals surface area contributed by atoms with Crippen molar-refractivity contribution in [3.63, 3.8) is 0 Å². The van der Waals surface area contributed by atoms with Gasteiger partial charge in [-0.15, -0.1) is 0 Å². The summed E-state index contributed by atoms with van der Waals surface area (Å²) in [7, 11) is 1.75. The van der Waals surface area contributed by atoms with Crippen molar-refractivity contribution < 1.29 is 14.3 Å². The van der Waals surface area contributed by atoms with Gasteiger partial charge in [-0.05, 0) is 55.0 Å². The first-order valence-electron chi connectivity index (χ1n) is 11.8. The second-order valence-corrected chi connectivity index (χ2v) is 8.12. The predicted molar refractivity (Wildman–Crippen MR) is 139 cm³/mol. The normalized spacial score (nSPS) is 10.4. The summed E-state index contributed by atoms with van der Waals surface area (Å²) in [6.45, 7) is 2.97. The van der Waals surface area contributed by atoms with Crippen LogP contribution in [-0.4, -0.2) is 32.0 Å². The maximum absolute atomic E-state index is 12.7. The lowest BCUT2D eigenvalue weighted by atomic mass is 10.1. The number of amides is 2. The molecule has 178 valence electrons. The predicted octanol–water partition coefficient (Wildman–Crippen LogP) is 5.97. The van der Waals surface area contributed by atoms with Crippen LogP contribution in [0.3, 0.4) is 0 Å². The van der Waals surface area contributed by atoms with Crippen molar-refractivity contribution >= 4 is 28.9 Å². The lowest BCUT2D eigenvalue weighted by molar-refractivity contribution is -0.114. The lowest BCUT2D eigenvalue weighted by Gasteiger charge is -2.17. The molecule has 6 nitrogen and oxygen atoms in total. The first kappa shape index (κ1) is 24.8. The molecule has 0 heterocycles. The van der Waals surface area contributed by atoms with E-state index < -0.39 is 0 Å². The highest BCUT2D eigenvalue weighted by Gasteiger charge is 2.13. The van der Waals surface area contributed by atoms with E-state index in [2.05, 4.69) is 17.6 Å². The molecule has 0 aliphatic heterocycles. The zero-order chi connectivity index (χ0) is 24.2. The molecule has 0 saturated carbocycles. The van der Waals surface area contributed by atoms with Crippen molar-refractivity contribution in [1.82, 2.24) is 0 Å². The number of hydrogen-bond donors (Lipinski definition) is 2. The van der Waals surface area contributed by atoms with Crippen LogP contribution in [0, 0.1) is 0 Å². The fourth-order valence-corrected chi connectivity index (χ4v) is 3.46. The molecule has 0 unspecified atom stereocenters. The smallest absolute Gasteiger partial charge is 0.258 e. The monoisotopic (exact) mass is 459 g/mol. The molecular weight excluding hydrogens is 426 g/mol. The molecule has 0 bridgehead atoms. The molecular formula is C28H33N3O3. The molecule has 3 aromatic carbocycles. The van der Waals surface area contributed by atoms with Crippen molar-refractivity contribution in [2.75, 3.05) is 35.7 Å². The minimum absolute atomic E-state index is 0.0945. The Morgan fingerprint density at radius 1 is 0.853 bits per heavy atom. The highest BCUT2D eigenvalue weighted by molar-refractivity contribution is 6.05. The zero-order valence-corrected chi connectivity index (χ0v) is 19.9. The number of carbonyl (C=O) groups is 2. The summed E-state index contributed by atoms with van der Waals surface area (Å²) >= 11 is 0. The third-order valence-electron chi connectivity index (χ3n) is 5.42. The van der Waals surface area contributed by atoms with Gasteiger partial charge in [0.15, 0.2) is 0 Å². The average molecular weight is 460 g/mol. The molecule has 0 saturated heterocycles. The van der Waals surface area contributed by atoms with Gasteiger partial charge in [0.25, 0.3) is 5.91 Å². The molecule has 0 aliphatic rings. The fourth-order valence-electron chi connectivity index (χ4n) is 3.46. The maximum atomic E-state index is 12.7. The van der Waals surface area contributed by atoms with Gasteiger partial charge in [-0.25, -0.2) is 0 Å². The van der Waals surface area contributed by atoms with E-state index in [4.69, 9.17) is 4.74 Å². The van der Waals surface area contributed by atoms with Crippen LogP contribution in [0.1, 0.15) is 43.0 Å². The number of carbonyl (C=O) groups excluding carboxylic acids is 2. The molecule has 2 N–H and O–H groups in total. The van der Waals surface area contributed by atoms with Gasteiger partial charge in [0.1, 0.15) is 5.75 Å². The Hall–Kier alpha value is -3.80. The van der Waals surface area contributed by atoms with E-state index in [-0.39, 0.29) is 18.4 Å². The molecule has 34 heavy (non-hydrogen) atoms. The van der Waals surface area contributed by atoms with E-state index in [0.29, 0.717) is 17.9 Å². The Morgan fingerprint density at radius 3 is 2.35 bits per heavy atom. The van der Waals surface area contributed by atoms with Gasteiger partial charge in [0.2, 0.25) is 5.91 Å². The third kappa shape index (κ3) is 7.66. The number of anilines is 3. The summed E-state index contributed by atoms with van der Waals surface area (Å²) in [4.78, 5) is 26.7. The number of hydrogen-bond acceptors (Lipinski definition) is 4. The van der Waals surface area contributed by atoms with E-state index in [1.54, 1.807) is 36.2 Å². The van der Waals surface area contributed by atoms with Gasteiger partial charge >= 0.3 is 0 Å². The van der Waals surface area contributed by atoms with Gasteiger partial charge in [0.05, 0.1) is 13.2 Å². The number of unbranched alkanes of at least 4 members (excludes halogenated alkanes) is 3. The minimum Gasteiger partial charge on any atom is -0.494 e. The Balaban J connectivity index is 1.46. The van der Waals surface area contributed by atoms with Crippen molar-refractivity contribution in [3.8, 4) is 5.75 Å². The second kappa shape index (κ2) is 13.0. The Kier molecular flexibility index (Phi) is 9.52. The lowest BCUT2D eigenvalue weighted by Crippen LogP contribution is -2.26. The van der Waals surface area contributed by atoms with E-state index in [1.165, 1.54) is 12.8 Å². The van der Waals surface area contributed by atoms with Crippen molar-refractivity contribution in [1.29, 1.82) is 0 Å². The molecule has 6 heteroatoms. The highest BCUT2D eigenvalue weighted by Crippen LogP contribution is 2.19. The number of rotatable bonds is 12. The van der Waals surface area contributed by atoms with Crippen LogP contribution < -0.4 is 20.3 Å². The summed E-state index contributed by atoms with van der Waals surface area (Å²) < 4.78 is 5.78. The summed E-state index contributed by atoms with van der Waals surface area (Å²) in [5.41, 5.74) is 2.87.